The molecule has 38 heavy (non-hydrogen) atoms. The van der Waals surface area contributed by atoms with Crippen LogP contribution in [0.3, 0.4) is 0 Å². The Hall–Kier alpha value is -5.18. The van der Waals surface area contributed by atoms with E-state index in [1.807, 2.05) is 56.4 Å². The number of pyridine rings is 3. The SMILES string of the molecule is Cc1noc(C)c1-c1cnc2c(-c3ccc([N+](=O)[O-])nc3)cn(C(c3ccccc3)c3ccccn3)c2c1. The highest BCUT2D eigenvalue weighted by molar-refractivity contribution is 5.95. The number of benzene rings is 1. The van der Waals surface area contributed by atoms with E-state index in [1.165, 1.54) is 12.3 Å². The summed E-state index contributed by atoms with van der Waals surface area (Å²) in [6, 6.07) is 20.9. The van der Waals surface area contributed by atoms with Gasteiger partial charge in [0.05, 0.1) is 22.4 Å². The summed E-state index contributed by atoms with van der Waals surface area (Å²) in [6.07, 6.45) is 7.12. The Morgan fingerprint density at radius 2 is 1.71 bits per heavy atom. The first-order valence-electron chi connectivity index (χ1n) is 12.0. The van der Waals surface area contributed by atoms with E-state index in [0.29, 0.717) is 5.76 Å². The number of hydrogen-bond acceptors (Lipinski definition) is 7. The van der Waals surface area contributed by atoms with Crippen LogP contribution >= 0.6 is 0 Å². The fourth-order valence-electron chi connectivity index (χ4n) is 4.88. The standard InChI is InChI=1S/C29H22N6O3/c1-18-27(19(2)38-33-18)22-14-25-28(32-16-22)23(21-11-12-26(31-15-21)35(36)37)17-34(25)29(20-8-4-3-5-9-20)24-10-6-7-13-30-24/h3-17,29H,1-2H3. The predicted octanol–water partition coefficient (Wildman–Crippen LogP) is 6.31. The molecular formula is C29H22N6O3. The summed E-state index contributed by atoms with van der Waals surface area (Å²) < 4.78 is 7.58. The van der Waals surface area contributed by atoms with Crippen molar-refractivity contribution in [2.75, 3.05) is 0 Å². The molecule has 0 spiro atoms. The maximum atomic E-state index is 11.2. The summed E-state index contributed by atoms with van der Waals surface area (Å²) in [5.74, 6) is 0.507. The van der Waals surface area contributed by atoms with E-state index >= 15 is 0 Å². The van der Waals surface area contributed by atoms with Crippen molar-refractivity contribution in [3.8, 4) is 22.3 Å². The Bertz CT molecular complexity index is 1700. The number of hydrogen-bond donors (Lipinski definition) is 0. The number of nitro groups is 1. The first kappa shape index (κ1) is 23.2. The number of aryl methyl sites for hydroxylation is 2. The van der Waals surface area contributed by atoms with Crippen LogP contribution in [0.5, 0.6) is 0 Å². The van der Waals surface area contributed by atoms with Crippen molar-refractivity contribution < 1.29 is 9.45 Å². The van der Waals surface area contributed by atoms with Crippen molar-refractivity contribution in [1.29, 1.82) is 0 Å². The zero-order valence-electron chi connectivity index (χ0n) is 20.6. The lowest BCUT2D eigenvalue weighted by atomic mass is 10.0. The number of aromatic nitrogens is 5. The first-order chi connectivity index (χ1) is 18.5. The summed E-state index contributed by atoms with van der Waals surface area (Å²) in [5.41, 5.74) is 7.64. The van der Waals surface area contributed by atoms with Gasteiger partial charge in [-0.05, 0) is 53.6 Å². The lowest BCUT2D eigenvalue weighted by Crippen LogP contribution is -2.13. The molecule has 1 aromatic carbocycles. The van der Waals surface area contributed by atoms with Gasteiger partial charge in [-0.1, -0.05) is 41.6 Å². The Morgan fingerprint density at radius 3 is 2.37 bits per heavy atom. The minimum atomic E-state index is -0.506. The molecule has 9 heteroatoms. The largest absolute Gasteiger partial charge is 0.363 e. The number of nitrogens with zero attached hydrogens (tertiary/aromatic N) is 6. The van der Waals surface area contributed by atoms with E-state index < -0.39 is 4.92 Å². The second-order valence-corrected chi connectivity index (χ2v) is 8.97. The molecule has 0 fully saturated rings. The molecule has 9 nitrogen and oxygen atoms in total. The van der Waals surface area contributed by atoms with E-state index in [-0.39, 0.29) is 11.9 Å². The van der Waals surface area contributed by atoms with Gasteiger partial charge in [0.2, 0.25) is 0 Å². The molecule has 0 aliphatic carbocycles. The van der Waals surface area contributed by atoms with Gasteiger partial charge in [-0.25, -0.2) is 0 Å². The van der Waals surface area contributed by atoms with Crippen molar-refractivity contribution >= 4 is 16.9 Å². The molecule has 0 saturated carbocycles. The maximum Gasteiger partial charge on any atom is 0.363 e. The molecule has 0 radical (unpaired) electrons. The average molecular weight is 503 g/mol. The molecule has 1 atom stereocenters. The van der Waals surface area contributed by atoms with Gasteiger partial charge >= 0.3 is 5.82 Å². The fraction of sp³-hybridized carbons (Fsp3) is 0.103. The number of rotatable bonds is 6. The summed E-state index contributed by atoms with van der Waals surface area (Å²) >= 11 is 0. The molecule has 1 unspecified atom stereocenters. The average Bonchev–Trinajstić information content (AvgIpc) is 3.49. The van der Waals surface area contributed by atoms with Gasteiger partial charge in [-0.2, -0.15) is 0 Å². The molecule has 0 aliphatic rings. The Labute approximate surface area is 217 Å². The van der Waals surface area contributed by atoms with E-state index in [2.05, 4.69) is 32.9 Å². The highest BCUT2D eigenvalue weighted by Gasteiger charge is 2.24. The van der Waals surface area contributed by atoms with Crippen LogP contribution in [0.2, 0.25) is 0 Å². The van der Waals surface area contributed by atoms with Crippen LogP contribution in [0.15, 0.2) is 96.0 Å². The van der Waals surface area contributed by atoms with Crippen molar-refractivity contribution in [1.82, 2.24) is 24.7 Å². The maximum absolute atomic E-state index is 11.2. The minimum Gasteiger partial charge on any atom is -0.361 e. The molecule has 6 rings (SSSR count). The van der Waals surface area contributed by atoms with E-state index in [1.54, 1.807) is 18.5 Å². The van der Waals surface area contributed by atoms with Crippen molar-refractivity contribution in [3.63, 3.8) is 0 Å². The van der Waals surface area contributed by atoms with Gasteiger partial charge in [0.15, 0.2) is 0 Å². The van der Waals surface area contributed by atoms with Gasteiger partial charge in [-0.15, -0.1) is 0 Å². The van der Waals surface area contributed by atoms with Crippen LogP contribution < -0.4 is 0 Å². The van der Waals surface area contributed by atoms with E-state index in [9.17, 15) is 10.1 Å². The highest BCUT2D eigenvalue weighted by atomic mass is 16.6. The normalized spacial score (nSPS) is 12.1. The van der Waals surface area contributed by atoms with Crippen LogP contribution in [-0.4, -0.2) is 29.6 Å². The van der Waals surface area contributed by atoms with Crippen molar-refractivity contribution in [2.24, 2.45) is 0 Å². The molecule has 6 aromatic rings. The Morgan fingerprint density at radius 1 is 0.921 bits per heavy atom. The monoisotopic (exact) mass is 502 g/mol. The third-order valence-corrected chi connectivity index (χ3v) is 6.60. The van der Waals surface area contributed by atoms with Crippen LogP contribution in [-0.2, 0) is 0 Å². The third-order valence-electron chi connectivity index (χ3n) is 6.60. The first-order valence-corrected chi connectivity index (χ1v) is 12.0. The predicted molar refractivity (Wildman–Crippen MR) is 143 cm³/mol. The van der Waals surface area contributed by atoms with Gasteiger partial charge in [-0.3, -0.25) is 9.97 Å². The zero-order chi connectivity index (χ0) is 26.2. The van der Waals surface area contributed by atoms with Gasteiger partial charge in [0.1, 0.15) is 18.0 Å². The van der Waals surface area contributed by atoms with Crippen LogP contribution in [0.1, 0.15) is 28.8 Å². The molecule has 0 aliphatic heterocycles. The van der Waals surface area contributed by atoms with Gasteiger partial charge in [0, 0.05) is 46.9 Å². The quantitative estimate of drug-likeness (QED) is 0.194. The van der Waals surface area contributed by atoms with E-state index in [4.69, 9.17) is 14.5 Å². The molecule has 186 valence electrons. The molecule has 0 N–H and O–H groups in total. The molecular weight excluding hydrogens is 480 g/mol. The zero-order valence-corrected chi connectivity index (χ0v) is 20.6. The molecule has 0 saturated heterocycles. The topological polar surface area (TPSA) is 113 Å². The van der Waals surface area contributed by atoms with E-state index in [0.717, 1.165) is 50.2 Å². The molecule has 0 amide bonds. The van der Waals surface area contributed by atoms with Crippen molar-refractivity contribution in [2.45, 2.75) is 19.9 Å². The molecule has 0 bridgehead atoms. The highest BCUT2D eigenvalue weighted by Crippen LogP contribution is 2.38. The molecule has 5 aromatic heterocycles. The lowest BCUT2D eigenvalue weighted by molar-refractivity contribution is -0.389. The van der Waals surface area contributed by atoms with Crippen LogP contribution in [0, 0.1) is 24.0 Å². The van der Waals surface area contributed by atoms with Crippen LogP contribution in [0.25, 0.3) is 33.3 Å². The fourth-order valence-corrected chi connectivity index (χ4v) is 4.88. The summed E-state index contributed by atoms with van der Waals surface area (Å²) in [4.78, 5) is 24.3. The summed E-state index contributed by atoms with van der Waals surface area (Å²) in [5, 5.41) is 15.3. The number of fused-ring (bicyclic) bond motifs is 1. The minimum absolute atomic E-state index is 0.207. The Kier molecular flexibility index (Phi) is 5.72. The van der Waals surface area contributed by atoms with Crippen LogP contribution in [0.4, 0.5) is 5.82 Å². The van der Waals surface area contributed by atoms with Gasteiger partial charge < -0.3 is 19.2 Å². The third kappa shape index (κ3) is 4.00. The van der Waals surface area contributed by atoms with Gasteiger partial charge in [0.25, 0.3) is 0 Å². The lowest BCUT2D eigenvalue weighted by Gasteiger charge is -2.20. The second kappa shape index (κ2) is 9.36. The summed E-state index contributed by atoms with van der Waals surface area (Å²) in [7, 11) is 0. The second-order valence-electron chi connectivity index (χ2n) is 8.97. The molecule has 5 heterocycles. The van der Waals surface area contributed by atoms with Crippen molar-refractivity contribution in [3.05, 3.63) is 124 Å². The summed E-state index contributed by atoms with van der Waals surface area (Å²) in [6.45, 7) is 3.79. The Balaban J connectivity index is 1.63. The smallest absolute Gasteiger partial charge is 0.361 e.